The van der Waals surface area contributed by atoms with Crippen LogP contribution in [0.4, 0.5) is 23.5 Å². The summed E-state index contributed by atoms with van der Waals surface area (Å²) in [7, 11) is 0. The molecular formula is C24H28N8O2. The molecule has 0 saturated carbocycles. The van der Waals surface area contributed by atoms with Crippen molar-refractivity contribution in [2.45, 2.75) is 26.4 Å². The average Bonchev–Trinajstić information content (AvgIpc) is 2.87. The largest absolute Gasteiger partial charge is 0.378 e. The lowest BCUT2D eigenvalue weighted by atomic mass is 10.1. The molecule has 1 unspecified atom stereocenters. The number of amides is 1. The van der Waals surface area contributed by atoms with Gasteiger partial charge in [0.05, 0.1) is 19.3 Å². The standard InChI is InChI=1S/C24H28N8O2/c1-17(20-8-10-21(11-9-20)26-18(2)33)30-31-23-27-22(25-16-19-6-4-3-5-7-19)28-24(29-23)32-12-14-34-15-13-32/h3-11,17H,12-16H2,1-2H3,(H,26,33)(H,25,27,28,29). The Labute approximate surface area is 198 Å². The maximum Gasteiger partial charge on any atom is 0.275 e. The molecule has 1 atom stereocenters. The summed E-state index contributed by atoms with van der Waals surface area (Å²) in [5.74, 6) is 1.13. The maximum absolute atomic E-state index is 11.2. The second-order valence-corrected chi connectivity index (χ2v) is 7.89. The van der Waals surface area contributed by atoms with Gasteiger partial charge in [0.1, 0.15) is 0 Å². The Kier molecular flexibility index (Phi) is 7.71. The van der Waals surface area contributed by atoms with Gasteiger partial charge in [-0.15, -0.1) is 5.11 Å². The van der Waals surface area contributed by atoms with Gasteiger partial charge in [-0.3, -0.25) is 4.79 Å². The van der Waals surface area contributed by atoms with E-state index in [4.69, 9.17) is 4.74 Å². The molecule has 1 amide bonds. The fraction of sp³-hybridized carbons (Fsp3) is 0.333. The molecule has 1 fully saturated rings. The van der Waals surface area contributed by atoms with Crippen LogP contribution in [0.3, 0.4) is 0 Å². The van der Waals surface area contributed by atoms with Gasteiger partial charge in [-0.05, 0) is 30.2 Å². The number of carbonyl (C=O) groups is 1. The van der Waals surface area contributed by atoms with Crippen molar-refractivity contribution in [3.63, 3.8) is 0 Å². The molecule has 2 aromatic carbocycles. The van der Waals surface area contributed by atoms with Crippen molar-refractivity contribution < 1.29 is 9.53 Å². The number of aromatic nitrogens is 3. The molecule has 0 aliphatic carbocycles. The highest BCUT2D eigenvalue weighted by Crippen LogP contribution is 2.23. The summed E-state index contributed by atoms with van der Waals surface area (Å²) in [5, 5.41) is 14.8. The van der Waals surface area contributed by atoms with Gasteiger partial charge in [-0.2, -0.15) is 20.1 Å². The van der Waals surface area contributed by atoms with Crippen LogP contribution in [0, 0.1) is 0 Å². The van der Waals surface area contributed by atoms with E-state index in [1.807, 2.05) is 61.5 Å². The number of nitrogens with one attached hydrogen (secondary N) is 2. The molecule has 2 heterocycles. The monoisotopic (exact) mass is 460 g/mol. The molecule has 1 saturated heterocycles. The minimum Gasteiger partial charge on any atom is -0.378 e. The predicted molar refractivity (Wildman–Crippen MR) is 130 cm³/mol. The van der Waals surface area contributed by atoms with Gasteiger partial charge in [-0.25, -0.2) is 0 Å². The molecule has 0 spiro atoms. The van der Waals surface area contributed by atoms with Gasteiger partial charge in [-0.1, -0.05) is 42.5 Å². The van der Waals surface area contributed by atoms with Gasteiger partial charge < -0.3 is 20.3 Å². The van der Waals surface area contributed by atoms with Crippen LogP contribution in [-0.4, -0.2) is 47.2 Å². The molecule has 4 rings (SSSR count). The highest BCUT2D eigenvalue weighted by molar-refractivity contribution is 5.88. The lowest BCUT2D eigenvalue weighted by molar-refractivity contribution is -0.114. The summed E-state index contributed by atoms with van der Waals surface area (Å²) in [6.45, 7) is 6.66. The van der Waals surface area contributed by atoms with E-state index in [0.717, 1.165) is 16.8 Å². The fourth-order valence-corrected chi connectivity index (χ4v) is 3.41. The number of hydrogen-bond acceptors (Lipinski definition) is 9. The third-order valence-corrected chi connectivity index (χ3v) is 5.23. The third kappa shape index (κ3) is 6.55. The third-order valence-electron chi connectivity index (χ3n) is 5.23. The Morgan fingerprint density at radius 2 is 1.79 bits per heavy atom. The molecule has 34 heavy (non-hydrogen) atoms. The van der Waals surface area contributed by atoms with E-state index in [0.29, 0.717) is 44.7 Å². The van der Waals surface area contributed by atoms with E-state index in [-0.39, 0.29) is 17.9 Å². The molecule has 176 valence electrons. The second kappa shape index (κ2) is 11.3. The first-order chi connectivity index (χ1) is 16.6. The lowest BCUT2D eigenvalue weighted by Crippen LogP contribution is -2.37. The zero-order chi connectivity index (χ0) is 23.8. The molecule has 0 radical (unpaired) electrons. The first-order valence-electron chi connectivity index (χ1n) is 11.2. The molecule has 1 aliphatic heterocycles. The quantitative estimate of drug-likeness (QED) is 0.486. The summed E-state index contributed by atoms with van der Waals surface area (Å²) in [4.78, 5) is 26.8. The Morgan fingerprint density at radius 1 is 1.06 bits per heavy atom. The topological polar surface area (TPSA) is 117 Å². The minimum absolute atomic E-state index is 0.108. The average molecular weight is 461 g/mol. The second-order valence-electron chi connectivity index (χ2n) is 7.89. The molecule has 1 aromatic heterocycles. The van der Waals surface area contributed by atoms with Crippen molar-refractivity contribution in [3.8, 4) is 0 Å². The predicted octanol–water partition coefficient (Wildman–Crippen LogP) is 4.12. The van der Waals surface area contributed by atoms with E-state index >= 15 is 0 Å². The van der Waals surface area contributed by atoms with Crippen LogP contribution in [0.15, 0.2) is 64.8 Å². The Morgan fingerprint density at radius 3 is 2.50 bits per heavy atom. The van der Waals surface area contributed by atoms with Crippen molar-refractivity contribution in [3.05, 3.63) is 65.7 Å². The van der Waals surface area contributed by atoms with Crippen LogP contribution < -0.4 is 15.5 Å². The summed E-state index contributed by atoms with van der Waals surface area (Å²) >= 11 is 0. The van der Waals surface area contributed by atoms with Crippen LogP contribution >= 0.6 is 0 Å². The van der Waals surface area contributed by atoms with E-state index < -0.39 is 0 Å². The number of morpholine rings is 1. The zero-order valence-corrected chi connectivity index (χ0v) is 19.3. The Bertz CT molecular complexity index is 1120. The number of benzene rings is 2. The molecule has 10 nitrogen and oxygen atoms in total. The number of anilines is 3. The molecule has 3 aromatic rings. The van der Waals surface area contributed by atoms with Crippen LogP contribution in [0.1, 0.15) is 31.0 Å². The van der Waals surface area contributed by atoms with Crippen molar-refractivity contribution in [2.24, 2.45) is 10.2 Å². The SMILES string of the molecule is CC(=O)Nc1ccc(C(C)N=Nc2nc(NCc3ccccc3)nc(N3CCOCC3)n2)cc1. The lowest BCUT2D eigenvalue weighted by Gasteiger charge is -2.26. The van der Waals surface area contributed by atoms with Crippen molar-refractivity contribution in [1.82, 2.24) is 15.0 Å². The van der Waals surface area contributed by atoms with Crippen LogP contribution in [0.5, 0.6) is 0 Å². The maximum atomic E-state index is 11.2. The molecule has 0 bridgehead atoms. The number of hydrogen-bond donors (Lipinski definition) is 2. The molecular weight excluding hydrogens is 432 g/mol. The van der Waals surface area contributed by atoms with Crippen LogP contribution in [0.2, 0.25) is 0 Å². The van der Waals surface area contributed by atoms with Gasteiger partial charge in [0.25, 0.3) is 5.95 Å². The highest BCUT2D eigenvalue weighted by atomic mass is 16.5. The van der Waals surface area contributed by atoms with Gasteiger partial charge in [0.2, 0.25) is 17.8 Å². The first-order valence-corrected chi connectivity index (χ1v) is 11.2. The van der Waals surface area contributed by atoms with Crippen molar-refractivity contribution >= 4 is 29.4 Å². The van der Waals surface area contributed by atoms with E-state index in [1.54, 1.807) is 0 Å². The molecule has 1 aliphatic rings. The molecule has 10 heteroatoms. The van der Waals surface area contributed by atoms with Gasteiger partial charge >= 0.3 is 0 Å². The van der Waals surface area contributed by atoms with E-state index in [1.165, 1.54) is 6.92 Å². The van der Waals surface area contributed by atoms with E-state index in [9.17, 15) is 4.79 Å². The summed E-state index contributed by atoms with van der Waals surface area (Å²) in [6, 6.07) is 17.3. The Hall–Kier alpha value is -3.92. The zero-order valence-electron chi connectivity index (χ0n) is 19.3. The summed E-state index contributed by atoms with van der Waals surface area (Å²) in [6.07, 6.45) is 0. The normalized spacial score (nSPS) is 14.7. The van der Waals surface area contributed by atoms with E-state index in [2.05, 4.69) is 40.7 Å². The smallest absolute Gasteiger partial charge is 0.275 e. The number of ether oxygens (including phenoxy) is 1. The molecule has 2 N–H and O–H groups in total. The summed E-state index contributed by atoms with van der Waals surface area (Å²) in [5.41, 5.74) is 2.82. The highest BCUT2D eigenvalue weighted by Gasteiger charge is 2.17. The fourth-order valence-electron chi connectivity index (χ4n) is 3.41. The first kappa shape index (κ1) is 23.2. The van der Waals surface area contributed by atoms with Crippen molar-refractivity contribution in [1.29, 1.82) is 0 Å². The van der Waals surface area contributed by atoms with Gasteiger partial charge in [0, 0.05) is 32.2 Å². The van der Waals surface area contributed by atoms with Crippen LogP contribution in [-0.2, 0) is 16.1 Å². The minimum atomic E-state index is -0.212. The number of nitrogens with zero attached hydrogens (tertiary/aromatic N) is 6. The Balaban J connectivity index is 1.51. The summed E-state index contributed by atoms with van der Waals surface area (Å²) < 4.78 is 5.45. The van der Waals surface area contributed by atoms with Crippen LogP contribution in [0.25, 0.3) is 0 Å². The number of azo groups is 1. The number of carbonyl (C=O) groups excluding carboxylic acids is 1. The number of rotatable bonds is 8. The van der Waals surface area contributed by atoms with Crippen molar-refractivity contribution in [2.75, 3.05) is 41.8 Å². The van der Waals surface area contributed by atoms with Gasteiger partial charge in [0.15, 0.2) is 0 Å².